The van der Waals surface area contributed by atoms with Gasteiger partial charge in [0.1, 0.15) is 11.3 Å². The van der Waals surface area contributed by atoms with Crippen LogP contribution >= 0.6 is 0 Å². The molecule has 31 heavy (non-hydrogen) atoms. The highest BCUT2D eigenvalue weighted by molar-refractivity contribution is 5.95. The van der Waals surface area contributed by atoms with Gasteiger partial charge in [-0.15, -0.1) is 0 Å². The molecular weight excluding hydrogens is 394 g/mol. The molecule has 1 fully saturated rings. The van der Waals surface area contributed by atoms with Crippen molar-refractivity contribution in [3.63, 3.8) is 0 Å². The molecule has 0 atom stereocenters. The van der Waals surface area contributed by atoms with Crippen molar-refractivity contribution in [2.24, 2.45) is 0 Å². The molecule has 7 nitrogen and oxygen atoms in total. The highest BCUT2D eigenvalue weighted by Gasteiger charge is 2.20. The number of pyridine rings is 1. The maximum atomic E-state index is 13.0. The summed E-state index contributed by atoms with van der Waals surface area (Å²) in [5.41, 5.74) is 2.60. The van der Waals surface area contributed by atoms with Gasteiger partial charge in [0.25, 0.3) is 5.91 Å². The minimum absolute atomic E-state index is 0.226. The Balaban J connectivity index is 1.75. The molecule has 0 unspecified atom stereocenters. The van der Waals surface area contributed by atoms with E-state index in [1.165, 1.54) is 0 Å². The lowest BCUT2D eigenvalue weighted by molar-refractivity contribution is 0.0374. The molecule has 0 spiro atoms. The summed E-state index contributed by atoms with van der Waals surface area (Å²) in [6, 6.07) is 9.36. The van der Waals surface area contributed by atoms with E-state index in [0.29, 0.717) is 19.5 Å². The average molecular weight is 428 g/mol. The fourth-order valence-electron chi connectivity index (χ4n) is 4.08. The summed E-state index contributed by atoms with van der Waals surface area (Å²) in [5, 5.41) is 2.95. The van der Waals surface area contributed by atoms with Gasteiger partial charge in [-0.2, -0.15) is 0 Å². The number of nitrogens with zero attached hydrogens (tertiary/aromatic N) is 2. The third-order valence-electron chi connectivity index (χ3n) is 5.75. The number of hydrogen-bond acceptors (Lipinski definition) is 5. The number of para-hydroxylation sites is 1. The predicted molar refractivity (Wildman–Crippen MR) is 121 cm³/mol. The number of aryl methyl sites for hydroxylation is 1. The summed E-state index contributed by atoms with van der Waals surface area (Å²) >= 11 is 0. The van der Waals surface area contributed by atoms with Crippen LogP contribution in [-0.2, 0) is 17.7 Å². The number of methoxy groups -OCH3 is 1. The molecule has 1 aromatic heterocycles. The zero-order valence-corrected chi connectivity index (χ0v) is 18.8. The van der Waals surface area contributed by atoms with E-state index in [1.807, 2.05) is 42.7 Å². The molecule has 2 aromatic rings. The minimum atomic E-state index is -0.294. The van der Waals surface area contributed by atoms with Gasteiger partial charge in [0.2, 0.25) is 0 Å². The van der Waals surface area contributed by atoms with E-state index in [9.17, 15) is 9.59 Å². The second-order valence-electron chi connectivity index (χ2n) is 7.79. The van der Waals surface area contributed by atoms with E-state index in [1.54, 1.807) is 13.2 Å². The summed E-state index contributed by atoms with van der Waals surface area (Å²) in [5.74, 6) is 0.495. The lowest BCUT2D eigenvalue weighted by atomic mass is 10.1. The number of morpholine rings is 1. The van der Waals surface area contributed by atoms with Crippen LogP contribution in [0.2, 0.25) is 0 Å². The number of carbonyl (C=O) groups excluding carboxylic acids is 1. The van der Waals surface area contributed by atoms with E-state index in [-0.39, 0.29) is 16.9 Å². The van der Waals surface area contributed by atoms with Crippen molar-refractivity contribution in [3.05, 3.63) is 63.1 Å². The highest BCUT2D eigenvalue weighted by atomic mass is 16.5. The van der Waals surface area contributed by atoms with E-state index in [4.69, 9.17) is 9.47 Å². The van der Waals surface area contributed by atoms with Crippen LogP contribution in [0.1, 0.15) is 40.7 Å². The molecule has 1 aromatic carbocycles. The number of rotatable bonds is 9. The molecule has 0 saturated carbocycles. The van der Waals surface area contributed by atoms with E-state index < -0.39 is 0 Å². The van der Waals surface area contributed by atoms with Crippen molar-refractivity contribution < 1.29 is 14.3 Å². The predicted octanol–water partition coefficient (Wildman–Crippen LogP) is 2.23. The zero-order valence-electron chi connectivity index (χ0n) is 18.8. The molecule has 1 aliphatic rings. The molecule has 1 N–H and O–H groups in total. The first kappa shape index (κ1) is 23.0. The number of nitrogens with one attached hydrogen (secondary N) is 1. The molecule has 0 radical (unpaired) electrons. The molecule has 168 valence electrons. The summed E-state index contributed by atoms with van der Waals surface area (Å²) in [6.07, 6.45) is 1.43. The lowest BCUT2D eigenvalue weighted by Crippen LogP contribution is -2.38. The third kappa shape index (κ3) is 5.74. The number of carbonyl (C=O) groups is 1. The van der Waals surface area contributed by atoms with Crippen LogP contribution in [-0.4, -0.2) is 61.9 Å². The van der Waals surface area contributed by atoms with Gasteiger partial charge in [0.05, 0.1) is 26.9 Å². The van der Waals surface area contributed by atoms with Crippen LogP contribution in [0.25, 0.3) is 0 Å². The van der Waals surface area contributed by atoms with Crippen LogP contribution in [0.3, 0.4) is 0 Å². The van der Waals surface area contributed by atoms with Gasteiger partial charge in [0.15, 0.2) is 5.43 Å². The molecule has 0 bridgehead atoms. The topological polar surface area (TPSA) is 72.8 Å². The highest BCUT2D eigenvalue weighted by Crippen LogP contribution is 2.21. The van der Waals surface area contributed by atoms with Crippen molar-refractivity contribution in [1.82, 2.24) is 14.8 Å². The Morgan fingerprint density at radius 3 is 2.68 bits per heavy atom. The molecule has 1 saturated heterocycles. The fraction of sp³-hybridized carbons (Fsp3) is 0.500. The van der Waals surface area contributed by atoms with E-state index >= 15 is 0 Å². The number of ether oxygens (including phenoxy) is 2. The molecule has 0 aliphatic carbocycles. The van der Waals surface area contributed by atoms with E-state index in [2.05, 4.69) is 10.2 Å². The molecule has 2 heterocycles. The Bertz CT molecular complexity index is 948. The van der Waals surface area contributed by atoms with Crippen molar-refractivity contribution >= 4 is 5.91 Å². The number of hydrogen-bond donors (Lipinski definition) is 1. The zero-order chi connectivity index (χ0) is 22.2. The summed E-state index contributed by atoms with van der Waals surface area (Å²) in [7, 11) is 1.65. The van der Waals surface area contributed by atoms with Crippen LogP contribution in [0, 0.1) is 6.92 Å². The number of amides is 1. The first-order valence-electron chi connectivity index (χ1n) is 11.0. The Labute approximate surface area is 184 Å². The summed E-state index contributed by atoms with van der Waals surface area (Å²) < 4.78 is 12.9. The molecular formula is C24H33N3O4. The van der Waals surface area contributed by atoms with Crippen LogP contribution in [0.15, 0.2) is 35.1 Å². The Morgan fingerprint density at radius 1 is 1.23 bits per heavy atom. The maximum Gasteiger partial charge on any atom is 0.257 e. The third-order valence-corrected chi connectivity index (χ3v) is 5.75. The second kappa shape index (κ2) is 11.1. The van der Waals surface area contributed by atoms with Gasteiger partial charge in [-0.3, -0.25) is 14.5 Å². The van der Waals surface area contributed by atoms with Crippen molar-refractivity contribution in [2.45, 2.75) is 33.2 Å². The molecule has 7 heteroatoms. The Hall–Kier alpha value is -2.64. The fourth-order valence-corrected chi connectivity index (χ4v) is 4.08. The largest absolute Gasteiger partial charge is 0.496 e. The van der Waals surface area contributed by atoms with Crippen molar-refractivity contribution in [2.75, 3.05) is 46.5 Å². The smallest absolute Gasteiger partial charge is 0.257 e. The Morgan fingerprint density at radius 2 is 1.97 bits per heavy atom. The van der Waals surface area contributed by atoms with E-state index in [0.717, 1.165) is 62.0 Å². The van der Waals surface area contributed by atoms with Gasteiger partial charge in [-0.25, -0.2) is 0 Å². The van der Waals surface area contributed by atoms with Crippen molar-refractivity contribution in [3.8, 4) is 5.75 Å². The molecule has 3 rings (SSSR count). The Kier molecular flexibility index (Phi) is 8.26. The van der Waals surface area contributed by atoms with Gasteiger partial charge in [0, 0.05) is 42.7 Å². The minimum Gasteiger partial charge on any atom is -0.496 e. The molecule has 1 amide bonds. The number of aromatic nitrogens is 1. The van der Waals surface area contributed by atoms with Gasteiger partial charge < -0.3 is 19.4 Å². The maximum absolute atomic E-state index is 13.0. The normalized spacial score (nSPS) is 14.4. The summed E-state index contributed by atoms with van der Waals surface area (Å²) in [6.45, 7) is 9.26. The van der Waals surface area contributed by atoms with Crippen LogP contribution in [0.5, 0.6) is 5.75 Å². The first-order chi connectivity index (χ1) is 15.0. The van der Waals surface area contributed by atoms with Crippen LogP contribution in [0.4, 0.5) is 0 Å². The SMILES string of the molecule is CCc1c(C(=O)NCCCN2CCOCC2)c(=O)cc(C)n1Cc1ccccc1OC. The standard InChI is InChI=1S/C24H33N3O4/c1-4-20-23(24(29)25-10-7-11-26-12-14-31-15-13-26)21(28)16-18(2)27(20)17-19-8-5-6-9-22(19)30-3/h5-6,8-9,16H,4,7,10-15,17H2,1-3H3,(H,25,29). The molecule has 1 aliphatic heterocycles. The summed E-state index contributed by atoms with van der Waals surface area (Å²) in [4.78, 5) is 28.0. The average Bonchev–Trinajstić information content (AvgIpc) is 2.79. The van der Waals surface area contributed by atoms with Gasteiger partial charge in [-0.05, 0) is 32.4 Å². The second-order valence-corrected chi connectivity index (χ2v) is 7.79. The van der Waals surface area contributed by atoms with Crippen LogP contribution < -0.4 is 15.5 Å². The first-order valence-corrected chi connectivity index (χ1v) is 11.0. The number of benzene rings is 1. The van der Waals surface area contributed by atoms with Gasteiger partial charge >= 0.3 is 0 Å². The quantitative estimate of drug-likeness (QED) is 0.622. The van der Waals surface area contributed by atoms with Crippen molar-refractivity contribution in [1.29, 1.82) is 0 Å². The monoisotopic (exact) mass is 427 g/mol. The van der Waals surface area contributed by atoms with Gasteiger partial charge in [-0.1, -0.05) is 25.1 Å². The lowest BCUT2D eigenvalue weighted by Gasteiger charge is -2.26.